The van der Waals surface area contributed by atoms with Gasteiger partial charge in [-0.3, -0.25) is 0 Å². The minimum atomic E-state index is -3.37. The Morgan fingerprint density at radius 1 is 1.06 bits per heavy atom. The number of sulfonamides is 1. The van der Waals surface area contributed by atoms with E-state index in [1.807, 2.05) is 0 Å². The molecule has 6 nitrogen and oxygen atoms in total. The SMILES string of the molecule is Cc1cc(F)c(NC(=O)N2CCC[C@H](NS(C)(=O)=O)CC2)c(-c2c(F)cccc2F)c1. The predicted octanol–water partition coefficient (Wildman–Crippen LogP) is 4.01. The van der Waals surface area contributed by atoms with Crippen molar-refractivity contribution in [3.05, 3.63) is 53.3 Å². The molecule has 2 aromatic carbocycles. The van der Waals surface area contributed by atoms with Crippen molar-refractivity contribution in [1.29, 1.82) is 0 Å². The van der Waals surface area contributed by atoms with Gasteiger partial charge in [0.15, 0.2) is 0 Å². The second-order valence-electron chi connectivity index (χ2n) is 7.70. The Morgan fingerprint density at radius 3 is 2.39 bits per heavy atom. The maximum atomic E-state index is 14.8. The van der Waals surface area contributed by atoms with Crippen LogP contribution in [0, 0.1) is 24.4 Å². The Bertz CT molecular complexity index is 1070. The maximum absolute atomic E-state index is 14.8. The van der Waals surface area contributed by atoms with Crippen LogP contribution in [0.15, 0.2) is 30.3 Å². The molecule has 0 bridgehead atoms. The van der Waals surface area contributed by atoms with Crippen LogP contribution in [0.3, 0.4) is 0 Å². The topological polar surface area (TPSA) is 78.5 Å². The molecule has 0 unspecified atom stereocenters. The van der Waals surface area contributed by atoms with Gasteiger partial charge in [0.25, 0.3) is 0 Å². The number of urea groups is 1. The lowest BCUT2D eigenvalue weighted by Gasteiger charge is -2.23. The first-order valence-electron chi connectivity index (χ1n) is 9.83. The molecule has 1 aliphatic heterocycles. The summed E-state index contributed by atoms with van der Waals surface area (Å²) in [7, 11) is -3.37. The first-order valence-corrected chi connectivity index (χ1v) is 11.7. The normalized spacial score (nSPS) is 17.3. The highest BCUT2D eigenvalue weighted by Crippen LogP contribution is 2.35. The standard InChI is InChI=1S/C21H24F3N3O3S/c1-13-11-15(19-16(22)6-3-7-17(19)23)20(18(24)12-13)25-21(28)27-9-4-5-14(8-10-27)26-31(2,29)30/h3,6-7,11-12,14,26H,4-5,8-10H2,1-2H3,(H,25,28)/t14-/m0/s1. The van der Waals surface area contributed by atoms with Crippen molar-refractivity contribution in [2.75, 3.05) is 24.7 Å². The fraction of sp³-hybridized carbons (Fsp3) is 0.381. The lowest BCUT2D eigenvalue weighted by atomic mass is 9.99. The van der Waals surface area contributed by atoms with Gasteiger partial charge in [-0.05, 0) is 56.0 Å². The van der Waals surface area contributed by atoms with Crippen molar-refractivity contribution in [1.82, 2.24) is 9.62 Å². The minimum Gasteiger partial charge on any atom is -0.324 e. The van der Waals surface area contributed by atoms with E-state index in [1.165, 1.54) is 23.1 Å². The molecular formula is C21H24F3N3O3S. The molecule has 2 aromatic rings. The summed E-state index contributed by atoms with van der Waals surface area (Å²) in [5.41, 5.74) is -0.381. The van der Waals surface area contributed by atoms with Crippen LogP contribution in [-0.2, 0) is 10.0 Å². The van der Waals surface area contributed by atoms with Crippen molar-refractivity contribution >= 4 is 21.7 Å². The number of likely N-dealkylation sites (tertiary alicyclic amines) is 1. The molecule has 0 radical (unpaired) electrons. The summed E-state index contributed by atoms with van der Waals surface area (Å²) in [6.45, 7) is 2.17. The Kier molecular flexibility index (Phi) is 6.90. The number of halogens is 3. The molecule has 3 rings (SSSR count). The summed E-state index contributed by atoms with van der Waals surface area (Å²) in [4.78, 5) is 14.3. The Balaban J connectivity index is 1.85. The van der Waals surface area contributed by atoms with Gasteiger partial charge in [-0.1, -0.05) is 6.07 Å². The van der Waals surface area contributed by atoms with Crippen LogP contribution in [0.2, 0.25) is 0 Å². The zero-order valence-corrected chi connectivity index (χ0v) is 18.0. The molecule has 0 saturated carbocycles. The van der Waals surface area contributed by atoms with Gasteiger partial charge in [0.2, 0.25) is 10.0 Å². The minimum absolute atomic E-state index is 0.0899. The van der Waals surface area contributed by atoms with Crippen LogP contribution >= 0.6 is 0 Å². The number of amides is 2. The number of anilines is 1. The van der Waals surface area contributed by atoms with Gasteiger partial charge in [-0.2, -0.15) is 0 Å². The summed E-state index contributed by atoms with van der Waals surface area (Å²) >= 11 is 0. The number of hydrogen-bond acceptors (Lipinski definition) is 3. The molecule has 1 fully saturated rings. The van der Waals surface area contributed by atoms with Crippen molar-refractivity contribution in [3.8, 4) is 11.1 Å². The van der Waals surface area contributed by atoms with E-state index in [9.17, 15) is 26.4 Å². The number of benzene rings is 2. The van der Waals surface area contributed by atoms with Crippen molar-refractivity contribution < 1.29 is 26.4 Å². The average molecular weight is 456 g/mol. The van der Waals surface area contributed by atoms with Gasteiger partial charge in [0, 0.05) is 24.7 Å². The molecule has 0 aromatic heterocycles. The maximum Gasteiger partial charge on any atom is 0.321 e. The summed E-state index contributed by atoms with van der Waals surface area (Å²) in [6, 6.07) is 4.99. The highest BCUT2D eigenvalue weighted by atomic mass is 32.2. The van der Waals surface area contributed by atoms with E-state index in [0.717, 1.165) is 18.4 Å². The van der Waals surface area contributed by atoms with Crippen molar-refractivity contribution in [3.63, 3.8) is 0 Å². The first kappa shape index (κ1) is 23.1. The fourth-order valence-corrected chi connectivity index (χ4v) is 4.57. The highest BCUT2D eigenvalue weighted by Gasteiger charge is 2.25. The summed E-state index contributed by atoms with van der Waals surface area (Å²) in [5, 5.41) is 2.46. The third kappa shape index (κ3) is 5.76. The smallest absolute Gasteiger partial charge is 0.321 e. The van der Waals surface area contributed by atoms with Gasteiger partial charge in [-0.15, -0.1) is 0 Å². The summed E-state index contributed by atoms with van der Waals surface area (Å²) < 4.78 is 68.9. The van der Waals surface area contributed by atoms with E-state index in [4.69, 9.17) is 0 Å². The molecule has 2 N–H and O–H groups in total. The molecule has 0 spiro atoms. The average Bonchev–Trinajstić information content (AvgIpc) is 2.88. The number of carbonyl (C=O) groups is 1. The van der Waals surface area contributed by atoms with Crippen LogP contribution in [0.4, 0.5) is 23.7 Å². The van der Waals surface area contributed by atoms with E-state index < -0.39 is 39.1 Å². The molecule has 1 saturated heterocycles. The Hall–Kier alpha value is -2.59. The third-order valence-electron chi connectivity index (χ3n) is 5.09. The number of aryl methyl sites for hydroxylation is 1. The zero-order chi connectivity index (χ0) is 22.8. The summed E-state index contributed by atoms with van der Waals surface area (Å²) in [6.07, 6.45) is 2.57. The first-order chi connectivity index (χ1) is 14.5. The molecule has 1 aliphatic rings. The van der Waals surface area contributed by atoms with Crippen LogP contribution in [-0.4, -0.2) is 44.7 Å². The molecule has 2 amide bonds. The van der Waals surface area contributed by atoms with Gasteiger partial charge < -0.3 is 10.2 Å². The van der Waals surface area contributed by atoms with Crippen molar-refractivity contribution in [2.45, 2.75) is 32.2 Å². The zero-order valence-electron chi connectivity index (χ0n) is 17.2. The molecular weight excluding hydrogens is 431 g/mol. The quantitative estimate of drug-likeness (QED) is 0.731. The van der Waals surface area contributed by atoms with E-state index in [2.05, 4.69) is 10.0 Å². The molecule has 31 heavy (non-hydrogen) atoms. The number of rotatable bonds is 4. The predicted molar refractivity (Wildman–Crippen MR) is 113 cm³/mol. The van der Waals surface area contributed by atoms with Crippen LogP contribution < -0.4 is 10.0 Å². The van der Waals surface area contributed by atoms with Gasteiger partial charge >= 0.3 is 6.03 Å². The van der Waals surface area contributed by atoms with Gasteiger partial charge in [-0.25, -0.2) is 31.1 Å². The molecule has 0 aliphatic carbocycles. The van der Waals surface area contributed by atoms with Gasteiger partial charge in [0.1, 0.15) is 17.5 Å². The van der Waals surface area contributed by atoms with Gasteiger partial charge in [0.05, 0.1) is 17.5 Å². The Morgan fingerprint density at radius 2 is 1.74 bits per heavy atom. The van der Waals surface area contributed by atoms with Crippen LogP contribution in [0.1, 0.15) is 24.8 Å². The second kappa shape index (κ2) is 9.27. The largest absolute Gasteiger partial charge is 0.324 e. The highest BCUT2D eigenvalue weighted by molar-refractivity contribution is 7.88. The molecule has 1 heterocycles. The lowest BCUT2D eigenvalue weighted by Crippen LogP contribution is -2.38. The number of nitrogens with zero attached hydrogens (tertiary/aromatic N) is 1. The van der Waals surface area contributed by atoms with Crippen LogP contribution in [0.25, 0.3) is 11.1 Å². The van der Waals surface area contributed by atoms with E-state index in [0.29, 0.717) is 31.4 Å². The molecule has 1 atom stereocenters. The van der Waals surface area contributed by atoms with Crippen LogP contribution in [0.5, 0.6) is 0 Å². The van der Waals surface area contributed by atoms with E-state index in [1.54, 1.807) is 6.92 Å². The number of hydrogen-bond donors (Lipinski definition) is 2. The number of carbonyl (C=O) groups excluding carboxylic acids is 1. The Labute approximate surface area is 179 Å². The fourth-order valence-electron chi connectivity index (χ4n) is 3.73. The lowest BCUT2D eigenvalue weighted by molar-refractivity contribution is 0.213. The monoisotopic (exact) mass is 455 g/mol. The van der Waals surface area contributed by atoms with Crippen molar-refractivity contribution in [2.24, 2.45) is 0 Å². The molecule has 168 valence electrons. The number of nitrogens with one attached hydrogen (secondary N) is 2. The van der Waals surface area contributed by atoms with E-state index >= 15 is 0 Å². The molecule has 10 heteroatoms. The second-order valence-corrected chi connectivity index (χ2v) is 9.48. The third-order valence-corrected chi connectivity index (χ3v) is 5.86. The van der Waals surface area contributed by atoms with E-state index in [-0.39, 0.29) is 23.8 Å². The summed E-state index contributed by atoms with van der Waals surface area (Å²) in [5.74, 6) is -2.55.